The van der Waals surface area contributed by atoms with Crippen molar-refractivity contribution in [2.24, 2.45) is 0 Å². The second-order valence-corrected chi connectivity index (χ2v) is 3.79. The number of hydrogen-bond acceptors (Lipinski definition) is 0. The van der Waals surface area contributed by atoms with E-state index >= 15 is 0 Å². The van der Waals surface area contributed by atoms with Crippen molar-refractivity contribution in [1.29, 1.82) is 0 Å². The normalized spacial score (nSPS) is 9.38. The molecule has 1 heteroatoms. The van der Waals surface area contributed by atoms with Crippen molar-refractivity contribution >= 4 is 15.9 Å². The average molecular weight is 241 g/mol. The Morgan fingerprint density at radius 2 is 1.38 bits per heavy atom. The SMILES string of the molecule is C=C(C)C(=C)CCC(=C)C(=C)CBr. The smallest absolute Gasteiger partial charge is 0.0279 e. The molecule has 0 fully saturated rings. The molecule has 0 nitrogen and oxygen atoms in total. The number of hydrogen-bond donors (Lipinski definition) is 0. The zero-order valence-electron chi connectivity index (χ0n) is 8.33. The van der Waals surface area contributed by atoms with E-state index in [0.29, 0.717) is 0 Å². The lowest BCUT2D eigenvalue weighted by Gasteiger charge is -2.08. The Morgan fingerprint density at radius 1 is 0.923 bits per heavy atom. The summed E-state index contributed by atoms with van der Waals surface area (Å²) in [4.78, 5) is 0. The molecule has 13 heavy (non-hydrogen) atoms. The summed E-state index contributed by atoms with van der Waals surface area (Å²) in [6.45, 7) is 17.6. The van der Waals surface area contributed by atoms with E-state index in [0.717, 1.165) is 40.5 Å². The maximum absolute atomic E-state index is 3.96. The Labute approximate surface area is 89.9 Å². The molecule has 0 aliphatic rings. The molecule has 0 aromatic rings. The predicted octanol–water partition coefficient (Wildman–Crippen LogP) is 4.41. The molecule has 0 aromatic heterocycles. The lowest BCUT2D eigenvalue weighted by atomic mass is 9.99. The van der Waals surface area contributed by atoms with E-state index in [2.05, 4.69) is 42.2 Å². The van der Waals surface area contributed by atoms with Gasteiger partial charge in [0, 0.05) is 5.33 Å². The maximum Gasteiger partial charge on any atom is 0.0279 e. The Hall–Kier alpha value is -0.560. The van der Waals surface area contributed by atoms with Gasteiger partial charge in [-0.15, -0.1) is 0 Å². The Morgan fingerprint density at radius 3 is 1.77 bits per heavy atom. The molecule has 0 N–H and O–H groups in total. The molecule has 72 valence electrons. The second-order valence-electron chi connectivity index (χ2n) is 3.22. The van der Waals surface area contributed by atoms with Crippen LogP contribution < -0.4 is 0 Å². The summed E-state index contributed by atoms with van der Waals surface area (Å²) in [6, 6.07) is 0. The molecule has 0 atom stereocenters. The highest BCUT2D eigenvalue weighted by molar-refractivity contribution is 9.09. The van der Waals surface area contributed by atoms with Gasteiger partial charge < -0.3 is 0 Å². The number of alkyl halides is 1. The van der Waals surface area contributed by atoms with Gasteiger partial charge in [-0.2, -0.15) is 0 Å². The van der Waals surface area contributed by atoms with Crippen molar-refractivity contribution in [2.45, 2.75) is 19.8 Å². The first-order valence-electron chi connectivity index (χ1n) is 4.24. The molecule has 0 aromatic carbocycles. The van der Waals surface area contributed by atoms with Crippen molar-refractivity contribution in [3.8, 4) is 0 Å². The van der Waals surface area contributed by atoms with Gasteiger partial charge in [-0.25, -0.2) is 0 Å². The van der Waals surface area contributed by atoms with Crippen LogP contribution in [0.15, 0.2) is 48.6 Å². The molecule has 0 rings (SSSR count). The van der Waals surface area contributed by atoms with Gasteiger partial charge in [0.1, 0.15) is 0 Å². The van der Waals surface area contributed by atoms with Gasteiger partial charge in [-0.05, 0) is 25.3 Å². The fourth-order valence-corrected chi connectivity index (χ4v) is 1.18. The molecular formula is C12H17Br. The number of allylic oxidation sites excluding steroid dienone is 4. The molecule has 0 unspecified atom stereocenters. The van der Waals surface area contributed by atoms with Crippen LogP contribution in [0.5, 0.6) is 0 Å². The van der Waals surface area contributed by atoms with Crippen LogP contribution in [-0.2, 0) is 0 Å². The molecular weight excluding hydrogens is 224 g/mol. The third kappa shape index (κ3) is 4.89. The minimum Gasteiger partial charge on any atom is -0.0959 e. The quantitative estimate of drug-likeness (QED) is 0.477. The van der Waals surface area contributed by atoms with E-state index in [9.17, 15) is 0 Å². The average Bonchev–Trinajstić information content (AvgIpc) is 2.11. The zero-order chi connectivity index (χ0) is 10.4. The monoisotopic (exact) mass is 240 g/mol. The number of halogens is 1. The van der Waals surface area contributed by atoms with E-state index in [1.807, 2.05) is 6.92 Å². The Balaban J connectivity index is 3.90. The minimum absolute atomic E-state index is 0.797. The standard InChI is InChI=1S/C12H17Br/c1-9(2)10(3)6-7-11(4)12(5)8-13/h1,3-8H2,2H3. The van der Waals surface area contributed by atoms with Gasteiger partial charge in [0.2, 0.25) is 0 Å². The van der Waals surface area contributed by atoms with Crippen LogP contribution in [-0.4, -0.2) is 5.33 Å². The van der Waals surface area contributed by atoms with Crippen molar-refractivity contribution < 1.29 is 0 Å². The Kier molecular flexibility index (Phi) is 5.72. The molecule has 0 heterocycles. The van der Waals surface area contributed by atoms with Gasteiger partial charge >= 0.3 is 0 Å². The molecule has 0 saturated carbocycles. The van der Waals surface area contributed by atoms with Gasteiger partial charge in [0.15, 0.2) is 0 Å². The highest BCUT2D eigenvalue weighted by Gasteiger charge is 2.00. The first-order chi connectivity index (χ1) is 5.99. The highest BCUT2D eigenvalue weighted by atomic mass is 79.9. The summed E-state index contributed by atoms with van der Waals surface area (Å²) in [5.41, 5.74) is 4.31. The van der Waals surface area contributed by atoms with Gasteiger partial charge in [-0.3, -0.25) is 0 Å². The van der Waals surface area contributed by atoms with Crippen LogP contribution in [0.3, 0.4) is 0 Å². The van der Waals surface area contributed by atoms with Crippen LogP contribution >= 0.6 is 15.9 Å². The van der Waals surface area contributed by atoms with Crippen LogP contribution in [0.25, 0.3) is 0 Å². The van der Waals surface area contributed by atoms with Gasteiger partial charge in [-0.1, -0.05) is 59.0 Å². The van der Waals surface area contributed by atoms with E-state index in [1.165, 1.54) is 0 Å². The summed E-state index contributed by atoms with van der Waals surface area (Å²) in [6.07, 6.45) is 1.86. The molecule has 0 saturated heterocycles. The van der Waals surface area contributed by atoms with Crippen molar-refractivity contribution in [2.75, 3.05) is 5.33 Å². The van der Waals surface area contributed by atoms with Crippen LogP contribution in [0.4, 0.5) is 0 Å². The lowest BCUT2D eigenvalue weighted by molar-refractivity contribution is 0.948. The first-order valence-corrected chi connectivity index (χ1v) is 5.36. The minimum atomic E-state index is 0.797. The van der Waals surface area contributed by atoms with E-state index in [-0.39, 0.29) is 0 Å². The van der Waals surface area contributed by atoms with E-state index in [1.54, 1.807) is 0 Å². The topological polar surface area (TPSA) is 0 Å². The van der Waals surface area contributed by atoms with E-state index in [4.69, 9.17) is 0 Å². The summed E-state index contributed by atoms with van der Waals surface area (Å²) in [5.74, 6) is 0. The van der Waals surface area contributed by atoms with Gasteiger partial charge in [0.25, 0.3) is 0 Å². The summed E-state index contributed by atoms with van der Waals surface area (Å²) in [7, 11) is 0. The molecule has 0 spiro atoms. The fraction of sp³-hybridized carbons (Fsp3) is 0.333. The highest BCUT2D eigenvalue weighted by Crippen LogP contribution is 2.19. The summed E-state index contributed by atoms with van der Waals surface area (Å²) < 4.78 is 0. The largest absolute Gasteiger partial charge is 0.0959 e. The summed E-state index contributed by atoms with van der Waals surface area (Å²) >= 11 is 3.35. The molecule has 0 bridgehead atoms. The molecule has 0 aliphatic carbocycles. The van der Waals surface area contributed by atoms with Gasteiger partial charge in [0.05, 0.1) is 0 Å². The fourth-order valence-electron chi connectivity index (χ4n) is 0.786. The second kappa shape index (κ2) is 5.98. The maximum atomic E-state index is 3.96. The predicted molar refractivity (Wildman–Crippen MR) is 65.3 cm³/mol. The Bertz CT molecular complexity index is 246. The van der Waals surface area contributed by atoms with Crippen molar-refractivity contribution in [3.05, 3.63) is 48.6 Å². The summed E-state index contributed by atoms with van der Waals surface area (Å²) in [5, 5.41) is 0.797. The molecule has 0 aliphatic heterocycles. The molecule has 0 amide bonds. The van der Waals surface area contributed by atoms with E-state index < -0.39 is 0 Å². The number of rotatable bonds is 6. The van der Waals surface area contributed by atoms with Crippen molar-refractivity contribution in [3.63, 3.8) is 0 Å². The van der Waals surface area contributed by atoms with Crippen LogP contribution in [0, 0.1) is 0 Å². The third-order valence-electron chi connectivity index (χ3n) is 1.99. The van der Waals surface area contributed by atoms with Crippen LogP contribution in [0.2, 0.25) is 0 Å². The molecule has 0 radical (unpaired) electrons. The zero-order valence-corrected chi connectivity index (χ0v) is 9.91. The lowest BCUT2D eigenvalue weighted by Crippen LogP contribution is -1.90. The third-order valence-corrected chi connectivity index (χ3v) is 2.67. The van der Waals surface area contributed by atoms with Crippen molar-refractivity contribution in [1.82, 2.24) is 0 Å². The first kappa shape index (κ1) is 12.4. The van der Waals surface area contributed by atoms with Crippen LogP contribution in [0.1, 0.15) is 19.8 Å².